The van der Waals surface area contributed by atoms with Crippen molar-refractivity contribution in [1.82, 2.24) is 9.80 Å². The fraction of sp³-hybridized carbons (Fsp3) is 0.333. The Morgan fingerprint density at radius 3 is 2.64 bits per heavy atom. The van der Waals surface area contributed by atoms with E-state index < -0.39 is 5.82 Å². The highest BCUT2D eigenvalue weighted by atomic mass is 19.1. The lowest BCUT2D eigenvalue weighted by Crippen LogP contribution is -2.18. The third-order valence-corrected chi connectivity index (χ3v) is 3.11. The van der Waals surface area contributed by atoms with E-state index in [2.05, 4.69) is 4.99 Å². The van der Waals surface area contributed by atoms with Gasteiger partial charge >= 0.3 is 0 Å². The molecule has 1 aromatic carbocycles. The summed E-state index contributed by atoms with van der Waals surface area (Å²) >= 11 is 0. The normalized spacial score (nSPS) is 12.0. The lowest BCUT2D eigenvalue weighted by Gasteiger charge is -2.10. The van der Waals surface area contributed by atoms with Crippen molar-refractivity contribution in [1.29, 1.82) is 5.41 Å². The predicted octanol–water partition coefficient (Wildman–Crippen LogP) is 2.23. The molecule has 25 heavy (non-hydrogen) atoms. The maximum Gasteiger partial charge on any atom is 0.134 e. The molecule has 0 saturated carbocycles. The van der Waals surface area contributed by atoms with Gasteiger partial charge in [-0.05, 0) is 11.6 Å². The lowest BCUT2D eigenvalue weighted by atomic mass is 10.2. The number of likely N-dealkylation sites (N-methyl/N-ethyl adjacent to an activating group) is 1. The van der Waals surface area contributed by atoms with Gasteiger partial charge in [0, 0.05) is 64.9 Å². The van der Waals surface area contributed by atoms with Crippen LogP contribution >= 0.6 is 0 Å². The van der Waals surface area contributed by atoms with Crippen molar-refractivity contribution >= 4 is 12.1 Å². The summed E-state index contributed by atoms with van der Waals surface area (Å²) in [5, 5.41) is 7.68. The van der Waals surface area contributed by atoms with E-state index in [0.717, 1.165) is 11.1 Å². The molecule has 1 aromatic rings. The smallest absolute Gasteiger partial charge is 0.134 e. The van der Waals surface area contributed by atoms with Crippen LogP contribution in [0.5, 0.6) is 5.75 Å². The minimum absolute atomic E-state index is 0.275. The van der Waals surface area contributed by atoms with Crippen LogP contribution in [0.1, 0.15) is 5.56 Å². The van der Waals surface area contributed by atoms with Crippen LogP contribution in [0.2, 0.25) is 0 Å². The predicted molar refractivity (Wildman–Crippen MR) is 101 cm³/mol. The van der Waals surface area contributed by atoms with E-state index in [9.17, 15) is 4.39 Å². The van der Waals surface area contributed by atoms with E-state index in [-0.39, 0.29) is 5.84 Å². The average molecular weight is 347 g/mol. The van der Waals surface area contributed by atoms with Gasteiger partial charge in [-0.2, -0.15) is 0 Å². The quantitative estimate of drug-likeness (QED) is 0.429. The molecule has 0 unspecified atom stereocenters. The number of ether oxygens (including phenoxy) is 1. The number of benzene rings is 1. The molecule has 0 aliphatic heterocycles. The Kier molecular flexibility index (Phi) is 8.35. The molecule has 0 atom stereocenters. The van der Waals surface area contributed by atoms with Crippen LogP contribution in [0.4, 0.5) is 4.39 Å². The minimum atomic E-state index is -0.394. The Hall–Kier alpha value is -2.67. The molecule has 0 saturated heterocycles. The molecule has 0 amide bonds. The van der Waals surface area contributed by atoms with Gasteiger partial charge in [0.1, 0.15) is 17.4 Å². The highest BCUT2D eigenvalue weighted by Gasteiger charge is 2.04. The Bertz CT molecular complexity index is 665. The summed E-state index contributed by atoms with van der Waals surface area (Å²) in [7, 11) is 7.33. The van der Waals surface area contributed by atoms with Gasteiger partial charge in [-0.1, -0.05) is 6.07 Å². The fourth-order valence-electron chi connectivity index (χ4n) is 1.82. The molecule has 0 aliphatic rings. The number of aliphatic imine (C=N–C) groups is 1. The zero-order valence-electron chi connectivity index (χ0n) is 15.2. The van der Waals surface area contributed by atoms with E-state index in [0.29, 0.717) is 18.8 Å². The summed E-state index contributed by atoms with van der Waals surface area (Å²) in [4.78, 5) is 7.87. The minimum Gasteiger partial charge on any atom is -0.464 e. The third kappa shape index (κ3) is 7.63. The molecule has 1 rings (SSSR count). The zero-order chi connectivity index (χ0) is 18.8. The topological polar surface area (TPSA) is 77.9 Å². The Balaban J connectivity index is 2.85. The van der Waals surface area contributed by atoms with Crippen LogP contribution in [-0.2, 0) is 6.54 Å². The summed E-state index contributed by atoms with van der Waals surface area (Å²) in [5.41, 5.74) is 7.29. The monoisotopic (exact) mass is 347 g/mol. The first-order chi connectivity index (χ1) is 11.8. The van der Waals surface area contributed by atoms with Crippen LogP contribution in [-0.4, -0.2) is 56.6 Å². The second kappa shape index (κ2) is 10.2. The van der Waals surface area contributed by atoms with E-state index in [1.165, 1.54) is 24.5 Å². The number of hydrogen-bond donors (Lipinski definition) is 2. The number of rotatable bonds is 8. The van der Waals surface area contributed by atoms with Gasteiger partial charge in [-0.3, -0.25) is 10.4 Å². The van der Waals surface area contributed by atoms with Gasteiger partial charge < -0.3 is 20.3 Å². The zero-order valence-corrected chi connectivity index (χ0v) is 15.2. The molecule has 0 spiro atoms. The maximum absolute atomic E-state index is 13.5. The first kappa shape index (κ1) is 20.4. The molecule has 0 heterocycles. The van der Waals surface area contributed by atoms with Crippen LogP contribution in [0.25, 0.3) is 0 Å². The third-order valence-electron chi connectivity index (χ3n) is 3.11. The molecule has 0 aliphatic carbocycles. The molecule has 3 N–H and O–H groups in total. The molecular formula is C18H26FN5O. The highest BCUT2D eigenvalue weighted by molar-refractivity contribution is 5.89. The van der Waals surface area contributed by atoms with Gasteiger partial charge in [-0.15, -0.1) is 0 Å². The van der Waals surface area contributed by atoms with Crippen LogP contribution in [0.15, 0.2) is 47.3 Å². The van der Waals surface area contributed by atoms with Crippen molar-refractivity contribution in [2.45, 2.75) is 6.54 Å². The Morgan fingerprint density at radius 2 is 2.04 bits per heavy atom. The molecule has 6 nitrogen and oxygen atoms in total. The van der Waals surface area contributed by atoms with Gasteiger partial charge in [0.25, 0.3) is 0 Å². The SMILES string of the molecule is CN(C)/C=C(\C=N/Cc1ccc(F)cc1O/C=C/C(=N)N(C)C)CN. The van der Waals surface area contributed by atoms with Crippen LogP contribution in [0, 0.1) is 11.2 Å². The number of nitrogens with zero attached hydrogens (tertiary/aromatic N) is 3. The fourth-order valence-corrected chi connectivity index (χ4v) is 1.82. The number of nitrogens with one attached hydrogen (secondary N) is 1. The number of hydrogen-bond acceptors (Lipinski definition) is 5. The molecular weight excluding hydrogens is 321 g/mol. The van der Waals surface area contributed by atoms with E-state index >= 15 is 0 Å². The van der Waals surface area contributed by atoms with Gasteiger partial charge in [0.2, 0.25) is 0 Å². The summed E-state index contributed by atoms with van der Waals surface area (Å²) in [6.07, 6.45) is 6.44. The van der Waals surface area contributed by atoms with Crippen molar-refractivity contribution < 1.29 is 9.13 Å². The second-order valence-electron chi connectivity index (χ2n) is 5.79. The van der Waals surface area contributed by atoms with Crippen molar-refractivity contribution in [3.63, 3.8) is 0 Å². The highest BCUT2D eigenvalue weighted by Crippen LogP contribution is 2.21. The number of nitrogens with two attached hydrogens (primary N) is 1. The first-order valence-corrected chi connectivity index (χ1v) is 7.78. The van der Waals surface area contributed by atoms with Crippen molar-refractivity contribution in [3.8, 4) is 5.75 Å². The summed E-state index contributed by atoms with van der Waals surface area (Å²) < 4.78 is 19.0. The summed E-state index contributed by atoms with van der Waals surface area (Å²) in [6.45, 7) is 0.711. The van der Waals surface area contributed by atoms with E-state index in [1.807, 2.05) is 25.2 Å². The Morgan fingerprint density at radius 1 is 1.32 bits per heavy atom. The van der Waals surface area contributed by atoms with Gasteiger partial charge in [-0.25, -0.2) is 4.39 Å². The second-order valence-corrected chi connectivity index (χ2v) is 5.79. The summed E-state index contributed by atoms with van der Waals surface area (Å²) in [5.74, 6) is 0.247. The van der Waals surface area contributed by atoms with E-state index in [1.54, 1.807) is 31.3 Å². The van der Waals surface area contributed by atoms with Crippen LogP contribution in [0.3, 0.4) is 0 Å². The first-order valence-electron chi connectivity index (χ1n) is 7.78. The number of amidine groups is 1. The average Bonchev–Trinajstić information content (AvgIpc) is 2.55. The molecule has 0 fully saturated rings. The molecule has 0 aromatic heterocycles. The summed E-state index contributed by atoms with van der Waals surface area (Å²) in [6, 6.07) is 4.29. The lowest BCUT2D eigenvalue weighted by molar-refractivity contribution is 0.468. The van der Waals surface area contributed by atoms with Crippen molar-refractivity contribution in [2.24, 2.45) is 10.7 Å². The Labute approximate surface area is 148 Å². The van der Waals surface area contributed by atoms with Gasteiger partial charge in [0.05, 0.1) is 12.8 Å². The largest absolute Gasteiger partial charge is 0.464 e. The van der Waals surface area contributed by atoms with Crippen molar-refractivity contribution in [2.75, 3.05) is 34.7 Å². The molecule has 7 heteroatoms. The number of halogens is 1. The van der Waals surface area contributed by atoms with Gasteiger partial charge in [0.15, 0.2) is 0 Å². The van der Waals surface area contributed by atoms with Crippen LogP contribution < -0.4 is 10.5 Å². The molecule has 0 radical (unpaired) electrons. The maximum atomic E-state index is 13.5. The molecule has 0 bridgehead atoms. The molecule has 136 valence electrons. The van der Waals surface area contributed by atoms with E-state index in [4.69, 9.17) is 15.9 Å². The standard InChI is InChI=1S/C18H26FN5O/c1-23(2)13-14(10-20)11-22-12-15-5-6-16(19)9-17(15)25-8-7-18(21)24(3)4/h5-9,11,13,21H,10,12,20H2,1-4H3/b8-7+,14-13-,21-18?,22-11-. The van der Waals surface area contributed by atoms with Crippen molar-refractivity contribution in [3.05, 3.63) is 53.7 Å².